The molecule has 0 aliphatic rings. The molecule has 0 saturated carbocycles. The number of fused-ring (bicyclic) bond motifs is 1. The molecule has 0 aliphatic carbocycles. The van der Waals surface area contributed by atoms with E-state index in [-0.39, 0.29) is 50.7 Å². The number of hydrogen-bond acceptors (Lipinski definition) is 1. The molecule has 186 valence electrons. The summed E-state index contributed by atoms with van der Waals surface area (Å²) in [6.07, 6.45) is 0. The van der Waals surface area contributed by atoms with Gasteiger partial charge in [-0.25, -0.2) is 0 Å². The number of halogens is 2. The van der Waals surface area contributed by atoms with Gasteiger partial charge in [0.1, 0.15) is 9.52 Å². The predicted molar refractivity (Wildman–Crippen MR) is 147 cm³/mol. The van der Waals surface area contributed by atoms with Crippen LogP contribution in [0.2, 0.25) is 0 Å². The molecule has 0 saturated heterocycles. The molecule has 0 aliphatic heterocycles. The van der Waals surface area contributed by atoms with Crippen LogP contribution in [0.15, 0.2) is 115 Å². The molecular weight excluding hydrogens is 680 g/mol. The smallest absolute Gasteiger partial charge is 1.00 e. The summed E-state index contributed by atoms with van der Waals surface area (Å²) in [5.74, 6) is -0.593. The van der Waals surface area contributed by atoms with Crippen molar-refractivity contribution in [3.63, 3.8) is 0 Å². The molecule has 1 N–H and O–H groups in total. The summed E-state index contributed by atoms with van der Waals surface area (Å²) >= 11 is 0. The van der Waals surface area contributed by atoms with Crippen molar-refractivity contribution in [2.24, 2.45) is 0 Å². The van der Waals surface area contributed by atoms with Crippen LogP contribution >= 0.6 is 0 Å². The third kappa shape index (κ3) is 11.3. The Kier molecular flexibility index (Phi) is 16.8. The molecule has 0 bridgehead atoms. The Morgan fingerprint density at radius 2 is 1.16 bits per heavy atom. The molecule has 2 radical (unpaired) electrons. The van der Waals surface area contributed by atoms with Crippen LogP contribution in [0.4, 0.5) is 0 Å². The van der Waals surface area contributed by atoms with Crippen LogP contribution in [0.1, 0.15) is 27.0 Å². The van der Waals surface area contributed by atoms with Gasteiger partial charge in [-0.2, -0.15) is 17.5 Å². The molecule has 0 fully saturated rings. The van der Waals surface area contributed by atoms with Crippen LogP contribution in [0.25, 0.3) is 16.5 Å². The Hall–Kier alpha value is -2.37. The quantitative estimate of drug-likeness (QED) is 0.201. The van der Waals surface area contributed by atoms with Gasteiger partial charge in [0.15, 0.2) is 0 Å². The maximum Gasteiger partial charge on any atom is 4.00 e. The number of carbonyl (C=O) groups excluding carboxylic acids is 1. The third-order valence-corrected chi connectivity index (χ3v) is 6.53. The zero-order valence-corrected chi connectivity index (χ0v) is 27.2. The van der Waals surface area contributed by atoms with E-state index in [1.54, 1.807) is 0 Å². The Balaban J connectivity index is 0.000000511. The molecule has 1 amide bonds. The molecule has 0 aromatic heterocycles. The maximum atomic E-state index is 10.9. The number of aryl methyl sites for hydroxylation is 3. The molecule has 5 aromatic carbocycles. The first kappa shape index (κ1) is 34.6. The summed E-state index contributed by atoms with van der Waals surface area (Å²) < 4.78 is 0. The molecule has 6 heteroatoms. The normalized spacial score (nSPS) is 9.16. The van der Waals surface area contributed by atoms with Crippen LogP contribution < -0.4 is 35.2 Å². The van der Waals surface area contributed by atoms with Gasteiger partial charge in [0, 0.05) is 5.56 Å². The van der Waals surface area contributed by atoms with Gasteiger partial charge in [-0.15, -0.1) is 29.7 Å². The molecule has 0 unspecified atom stereocenters. The molecule has 0 heterocycles. The van der Waals surface area contributed by atoms with Crippen LogP contribution in [0.5, 0.6) is 0 Å². The molecule has 5 aromatic rings. The Labute approximate surface area is 254 Å². The van der Waals surface area contributed by atoms with Gasteiger partial charge in [0.2, 0.25) is 0 Å². The molecule has 5 rings (SSSR count). The third-order valence-electron chi connectivity index (χ3n) is 5.29. The van der Waals surface area contributed by atoms with Crippen molar-refractivity contribution in [2.45, 2.75) is 20.8 Å². The van der Waals surface area contributed by atoms with E-state index in [4.69, 9.17) is 5.73 Å². The predicted octanol–water partition coefficient (Wildman–Crippen LogP) is 0.710. The number of hydrogen-bond donors (Lipinski definition) is 0. The number of benzene rings is 4. The second-order valence-corrected chi connectivity index (χ2v) is 9.52. The van der Waals surface area contributed by atoms with E-state index in [0.717, 1.165) is 26.2 Å². The SMILES string of the molecule is Cc1cc(C)c(C([NH-])=O)c(C)c1.[Cl-].[Cl-].[Hf+4].c1ccc([Si]c2ccccc2)cc1.c1ccc2[cH-]ccc2c1. The molecular formula is C31H29Cl2HfNOSi. The second-order valence-electron chi connectivity index (χ2n) is 8.11. The van der Waals surface area contributed by atoms with Gasteiger partial charge in [-0.05, 0) is 31.9 Å². The van der Waals surface area contributed by atoms with Crippen LogP contribution in [0, 0.1) is 20.8 Å². The number of carbonyl (C=O) groups is 1. The Bertz CT molecular complexity index is 1250. The average Bonchev–Trinajstić information content (AvgIpc) is 3.29. The fourth-order valence-corrected chi connectivity index (χ4v) is 4.87. The summed E-state index contributed by atoms with van der Waals surface area (Å²) in [4.78, 5) is 10.9. The van der Waals surface area contributed by atoms with E-state index < -0.39 is 5.91 Å². The zero-order valence-electron chi connectivity index (χ0n) is 21.1. The van der Waals surface area contributed by atoms with Crippen molar-refractivity contribution in [3.8, 4) is 0 Å². The topological polar surface area (TPSA) is 40.9 Å². The van der Waals surface area contributed by atoms with Crippen molar-refractivity contribution in [2.75, 3.05) is 0 Å². The van der Waals surface area contributed by atoms with Crippen molar-refractivity contribution in [1.82, 2.24) is 0 Å². The summed E-state index contributed by atoms with van der Waals surface area (Å²) in [6, 6.07) is 39.7. The van der Waals surface area contributed by atoms with E-state index in [2.05, 4.69) is 103 Å². The van der Waals surface area contributed by atoms with Crippen molar-refractivity contribution in [3.05, 3.63) is 143 Å². The van der Waals surface area contributed by atoms with E-state index in [1.807, 2.05) is 32.9 Å². The summed E-state index contributed by atoms with van der Waals surface area (Å²) in [7, 11) is 0.777. The first-order valence-electron chi connectivity index (χ1n) is 11.3. The van der Waals surface area contributed by atoms with Gasteiger partial charge in [-0.1, -0.05) is 94.8 Å². The van der Waals surface area contributed by atoms with Crippen molar-refractivity contribution < 1.29 is 55.5 Å². The van der Waals surface area contributed by atoms with Gasteiger partial charge in [0.05, 0.1) is 5.91 Å². The van der Waals surface area contributed by atoms with E-state index >= 15 is 0 Å². The zero-order chi connectivity index (χ0) is 24.3. The number of rotatable bonds is 3. The van der Waals surface area contributed by atoms with Gasteiger partial charge < -0.3 is 35.3 Å². The Morgan fingerprint density at radius 3 is 1.62 bits per heavy atom. The molecule has 0 spiro atoms. The minimum Gasteiger partial charge on any atom is -1.00 e. The minimum absolute atomic E-state index is 0. The van der Waals surface area contributed by atoms with Gasteiger partial charge >= 0.3 is 25.8 Å². The first-order valence-corrected chi connectivity index (χ1v) is 12.3. The van der Waals surface area contributed by atoms with Gasteiger partial charge in [-0.3, -0.25) is 0 Å². The van der Waals surface area contributed by atoms with Crippen LogP contribution in [-0.2, 0) is 25.8 Å². The molecule has 2 nitrogen and oxygen atoms in total. The summed E-state index contributed by atoms with van der Waals surface area (Å²) in [5, 5.41) is 5.46. The number of amides is 1. The number of nitrogens with one attached hydrogen (secondary N) is 1. The summed E-state index contributed by atoms with van der Waals surface area (Å²) in [6.45, 7) is 5.71. The summed E-state index contributed by atoms with van der Waals surface area (Å²) in [5.41, 5.74) is 10.5. The molecule has 37 heavy (non-hydrogen) atoms. The Morgan fingerprint density at radius 1 is 0.703 bits per heavy atom. The largest absolute Gasteiger partial charge is 4.00 e. The minimum atomic E-state index is -0.593. The average molecular weight is 709 g/mol. The van der Waals surface area contributed by atoms with Crippen molar-refractivity contribution in [1.29, 1.82) is 0 Å². The monoisotopic (exact) mass is 709 g/mol. The molecule has 0 atom stereocenters. The van der Waals surface area contributed by atoms with Crippen LogP contribution in [0.3, 0.4) is 0 Å². The fraction of sp³-hybridized carbons (Fsp3) is 0.0968. The second kappa shape index (κ2) is 18.0. The van der Waals surface area contributed by atoms with E-state index in [0.29, 0.717) is 5.56 Å². The maximum absolute atomic E-state index is 10.9. The van der Waals surface area contributed by atoms with E-state index in [9.17, 15) is 4.79 Å². The fourth-order valence-electron chi connectivity index (χ4n) is 3.82. The van der Waals surface area contributed by atoms with E-state index in [1.165, 1.54) is 21.1 Å². The van der Waals surface area contributed by atoms with Gasteiger partial charge in [0.25, 0.3) is 0 Å². The first-order chi connectivity index (χ1) is 16.4. The standard InChI is InChI=1S/C12H10Si.C10H13NO.C9H7.2ClH.Hf/c1-3-7-11(8-4-1)13-12-9-5-2-6-10-12;1-6-4-7(2)9(10(11)12)8(3)5-6;1-2-5-9-7-3-6-8(9)4-1;;;/h1-10H;4-5H,1-3H3,(H2,11,12);1-7H;2*1H;/q;;-1;;;+4/p-3. The van der Waals surface area contributed by atoms with Crippen LogP contribution in [-0.4, -0.2) is 15.4 Å². The van der Waals surface area contributed by atoms with Crippen molar-refractivity contribution >= 4 is 36.6 Å².